The third-order valence-electron chi connectivity index (χ3n) is 5.17. The molecular formula is C20H26BClN2O3S. The number of rotatable bonds is 8. The van der Waals surface area contributed by atoms with Gasteiger partial charge in [-0.3, -0.25) is 4.18 Å². The summed E-state index contributed by atoms with van der Waals surface area (Å²) in [6, 6.07) is 7.87. The summed E-state index contributed by atoms with van der Waals surface area (Å²) in [7, 11) is 1.60. The molecule has 0 bridgehead atoms. The lowest BCUT2D eigenvalue weighted by Crippen LogP contribution is -2.19. The van der Waals surface area contributed by atoms with Crippen molar-refractivity contribution in [2.45, 2.75) is 57.9 Å². The molecule has 1 aliphatic rings. The number of halogens is 1. The highest BCUT2D eigenvalue weighted by Crippen LogP contribution is 2.36. The molecule has 0 saturated heterocycles. The van der Waals surface area contributed by atoms with E-state index in [-0.39, 0.29) is 12.5 Å². The van der Waals surface area contributed by atoms with E-state index in [0.717, 1.165) is 47.9 Å². The largest absolute Gasteiger partial charge is 0.327 e. The molecular weight excluding hydrogens is 395 g/mol. The number of aryl methyl sites for hydroxylation is 1. The lowest BCUT2D eigenvalue weighted by molar-refractivity contribution is 0.292. The Hall–Kier alpha value is -1.31. The maximum atomic E-state index is 11.5. The number of aromatic nitrogens is 2. The van der Waals surface area contributed by atoms with E-state index in [1.165, 1.54) is 5.69 Å². The monoisotopic (exact) mass is 420 g/mol. The van der Waals surface area contributed by atoms with Crippen molar-refractivity contribution in [3.8, 4) is 0 Å². The molecule has 2 radical (unpaired) electrons. The number of benzene rings is 1. The molecule has 1 aromatic carbocycles. The highest BCUT2D eigenvalue weighted by atomic mass is 35.5. The summed E-state index contributed by atoms with van der Waals surface area (Å²) >= 11 is 6.03. The van der Waals surface area contributed by atoms with Crippen molar-refractivity contribution in [3.05, 3.63) is 52.1 Å². The van der Waals surface area contributed by atoms with E-state index in [4.69, 9.17) is 28.6 Å². The normalized spacial score (nSPS) is 17.1. The van der Waals surface area contributed by atoms with Crippen LogP contribution in [0.1, 0.15) is 67.7 Å². The van der Waals surface area contributed by atoms with Gasteiger partial charge < -0.3 is 4.57 Å². The van der Waals surface area contributed by atoms with Crippen molar-refractivity contribution in [2.75, 3.05) is 12.3 Å². The number of hydrogen-bond donors (Lipinski definition) is 0. The SMILES string of the molecule is [B]CS(=O)(=O)OCCC1CCCc2nc(C(C)C)n(Cc3ccc(Cl)cc3)c21. The van der Waals surface area contributed by atoms with Gasteiger partial charge in [-0.2, -0.15) is 0 Å². The molecule has 3 rings (SSSR count). The average Bonchev–Trinajstić information content (AvgIpc) is 3.03. The van der Waals surface area contributed by atoms with Crippen molar-refractivity contribution in [1.29, 1.82) is 0 Å². The van der Waals surface area contributed by atoms with E-state index in [9.17, 15) is 8.42 Å². The smallest absolute Gasteiger partial charge is 0.258 e. The Balaban J connectivity index is 1.88. The Bertz CT molecular complexity index is 910. The zero-order valence-electron chi connectivity index (χ0n) is 16.4. The van der Waals surface area contributed by atoms with Crippen molar-refractivity contribution in [3.63, 3.8) is 0 Å². The second-order valence-corrected chi connectivity index (χ2v) is 9.71. The van der Waals surface area contributed by atoms with Gasteiger partial charge in [-0.1, -0.05) is 37.6 Å². The Kier molecular flexibility index (Phi) is 6.89. The molecule has 0 N–H and O–H groups in total. The van der Waals surface area contributed by atoms with Crippen LogP contribution in [0.5, 0.6) is 0 Å². The second kappa shape index (κ2) is 9.01. The van der Waals surface area contributed by atoms with Crippen LogP contribution in [0.3, 0.4) is 0 Å². The summed E-state index contributed by atoms with van der Waals surface area (Å²) in [5.41, 5.74) is 3.03. The molecule has 28 heavy (non-hydrogen) atoms. The van der Waals surface area contributed by atoms with Crippen molar-refractivity contribution < 1.29 is 12.6 Å². The fraction of sp³-hybridized carbons (Fsp3) is 0.550. The van der Waals surface area contributed by atoms with Crippen molar-refractivity contribution in [2.24, 2.45) is 0 Å². The van der Waals surface area contributed by atoms with Crippen LogP contribution in [0, 0.1) is 0 Å². The maximum absolute atomic E-state index is 11.5. The number of imidazole rings is 1. The van der Waals surface area contributed by atoms with Crippen LogP contribution < -0.4 is 0 Å². The van der Waals surface area contributed by atoms with Gasteiger partial charge in [0, 0.05) is 34.7 Å². The van der Waals surface area contributed by atoms with Crippen LogP contribution >= 0.6 is 11.6 Å². The molecule has 0 fully saturated rings. The molecule has 8 heteroatoms. The van der Waals surface area contributed by atoms with E-state index in [0.29, 0.717) is 12.3 Å². The summed E-state index contributed by atoms with van der Waals surface area (Å²) in [4.78, 5) is 4.95. The van der Waals surface area contributed by atoms with Gasteiger partial charge in [-0.25, -0.2) is 13.4 Å². The Labute approximate surface area is 174 Å². The molecule has 1 heterocycles. The van der Waals surface area contributed by atoms with Gasteiger partial charge in [0.05, 0.1) is 20.1 Å². The molecule has 5 nitrogen and oxygen atoms in total. The Morgan fingerprint density at radius 1 is 1.32 bits per heavy atom. The molecule has 150 valence electrons. The zero-order chi connectivity index (χ0) is 20.3. The van der Waals surface area contributed by atoms with Gasteiger partial charge >= 0.3 is 0 Å². The molecule has 1 atom stereocenters. The Morgan fingerprint density at radius 3 is 2.68 bits per heavy atom. The maximum Gasteiger partial charge on any atom is 0.258 e. The number of nitrogens with zero attached hydrogens (tertiary/aromatic N) is 2. The molecule has 0 amide bonds. The predicted octanol–water partition coefficient (Wildman–Crippen LogP) is 3.99. The summed E-state index contributed by atoms with van der Waals surface area (Å²) in [5.74, 6) is 1.60. The molecule has 0 spiro atoms. The summed E-state index contributed by atoms with van der Waals surface area (Å²) in [6.45, 7) is 5.18. The third kappa shape index (κ3) is 4.99. The Morgan fingerprint density at radius 2 is 2.04 bits per heavy atom. The second-order valence-electron chi connectivity index (χ2n) is 7.59. The molecule has 1 unspecified atom stereocenters. The van der Waals surface area contributed by atoms with E-state index in [1.54, 1.807) is 0 Å². The molecule has 2 aromatic rings. The highest BCUT2D eigenvalue weighted by molar-refractivity contribution is 7.87. The summed E-state index contributed by atoms with van der Waals surface area (Å²) < 4.78 is 30.4. The van der Waals surface area contributed by atoms with Gasteiger partial charge in [-0.05, 0) is 43.4 Å². The first kappa shape index (κ1) is 21.4. The van der Waals surface area contributed by atoms with Gasteiger partial charge in [0.15, 0.2) is 0 Å². The fourth-order valence-corrected chi connectivity index (χ4v) is 4.43. The van der Waals surface area contributed by atoms with Gasteiger partial charge in [0.2, 0.25) is 0 Å². The first-order valence-corrected chi connectivity index (χ1v) is 11.7. The van der Waals surface area contributed by atoms with Gasteiger partial charge in [-0.15, -0.1) is 0 Å². The quantitative estimate of drug-likeness (QED) is 0.478. The van der Waals surface area contributed by atoms with Crippen molar-refractivity contribution in [1.82, 2.24) is 9.55 Å². The van der Waals surface area contributed by atoms with Crippen LogP contribution in [0.25, 0.3) is 0 Å². The molecule has 1 aliphatic carbocycles. The summed E-state index contributed by atoms with van der Waals surface area (Å²) in [6.07, 6.45) is 3.65. The molecule has 0 aliphatic heterocycles. The lowest BCUT2D eigenvalue weighted by atomic mass is 9.87. The minimum absolute atomic E-state index is 0.146. The number of fused-ring (bicyclic) bond motifs is 1. The first-order chi connectivity index (χ1) is 13.3. The van der Waals surface area contributed by atoms with Gasteiger partial charge in [0.1, 0.15) is 5.82 Å². The average molecular weight is 421 g/mol. The highest BCUT2D eigenvalue weighted by Gasteiger charge is 2.29. The predicted molar refractivity (Wildman–Crippen MR) is 113 cm³/mol. The lowest BCUT2D eigenvalue weighted by Gasteiger charge is -2.25. The van der Waals surface area contributed by atoms with Crippen LogP contribution in [-0.4, -0.2) is 38.1 Å². The summed E-state index contributed by atoms with van der Waals surface area (Å²) in [5, 5.41) is 0.719. The van der Waals surface area contributed by atoms with Crippen LogP contribution in [0.2, 0.25) is 5.02 Å². The number of hydrogen-bond acceptors (Lipinski definition) is 4. The fourth-order valence-electron chi connectivity index (χ4n) is 3.85. The van der Waals surface area contributed by atoms with Gasteiger partial charge in [0.25, 0.3) is 10.1 Å². The van der Waals surface area contributed by atoms with E-state index in [1.807, 2.05) is 24.3 Å². The molecule has 1 aromatic heterocycles. The zero-order valence-corrected chi connectivity index (χ0v) is 18.0. The third-order valence-corrected chi connectivity index (χ3v) is 6.36. The van der Waals surface area contributed by atoms with E-state index < -0.39 is 15.8 Å². The topological polar surface area (TPSA) is 61.2 Å². The minimum Gasteiger partial charge on any atom is -0.327 e. The van der Waals surface area contributed by atoms with Crippen LogP contribution in [0.15, 0.2) is 24.3 Å². The van der Waals surface area contributed by atoms with E-state index >= 15 is 0 Å². The van der Waals surface area contributed by atoms with Crippen LogP contribution in [-0.2, 0) is 27.3 Å². The van der Waals surface area contributed by atoms with E-state index in [2.05, 4.69) is 18.4 Å². The standard InChI is InChI=1S/C20H26BClN2O3S/c1-14(2)20-23-18-5-3-4-16(10-11-27-28(25,26)13-21)19(18)24(20)12-15-6-8-17(22)9-7-15/h6-9,14,16H,3-5,10-13H2,1-2H3. The van der Waals surface area contributed by atoms with Crippen molar-refractivity contribution >= 4 is 29.6 Å². The first-order valence-electron chi connectivity index (χ1n) is 9.71. The van der Waals surface area contributed by atoms with Crippen LogP contribution in [0.4, 0.5) is 0 Å². The molecule has 0 saturated carbocycles. The minimum atomic E-state index is -3.63.